The van der Waals surface area contributed by atoms with Crippen LogP contribution in [0.15, 0.2) is 22.7 Å². The van der Waals surface area contributed by atoms with E-state index >= 15 is 0 Å². The maximum atomic E-state index is 5.38. The van der Waals surface area contributed by atoms with Crippen molar-refractivity contribution in [2.45, 2.75) is 13.5 Å². The SMILES string of the molecule is CCn1c(NN)nc2ccc(Br)cc21. The molecule has 0 aliphatic rings. The average molecular weight is 255 g/mol. The van der Waals surface area contributed by atoms with Crippen LogP contribution in [0.25, 0.3) is 11.0 Å². The van der Waals surface area contributed by atoms with Crippen molar-refractivity contribution in [3.8, 4) is 0 Å². The quantitative estimate of drug-likeness (QED) is 0.638. The first kappa shape index (κ1) is 9.48. The van der Waals surface area contributed by atoms with Gasteiger partial charge in [0.1, 0.15) is 0 Å². The second-order valence-electron chi connectivity index (χ2n) is 2.96. The molecule has 1 aromatic heterocycles. The van der Waals surface area contributed by atoms with Crippen molar-refractivity contribution in [3.05, 3.63) is 22.7 Å². The lowest BCUT2D eigenvalue weighted by atomic mass is 10.3. The van der Waals surface area contributed by atoms with E-state index in [-0.39, 0.29) is 0 Å². The van der Waals surface area contributed by atoms with Gasteiger partial charge in [0.15, 0.2) is 0 Å². The van der Waals surface area contributed by atoms with E-state index in [0.29, 0.717) is 5.95 Å². The molecule has 1 heterocycles. The van der Waals surface area contributed by atoms with E-state index in [1.165, 1.54) is 0 Å². The Morgan fingerprint density at radius 2 is 2.36 bits per heavy atom. The van der Waals surface area contributed by atoms with Crippen molar-refractivity contribution < 1.29 is 0 Å². The molecule has 3 N–H and O–H groups in total. The fraction of sp³-hybridized carbons (Fsp3) is 0.222. The van der Waals surface area contributed by atoms with Crippen LogP contribution in [0.4, 0.5) is 5.95 Å². The highest BCUT2D eigenvalue weighted by atomic mass is 79.9. The van der Waals surface area contributed by atoms with Crippen LogP contribution < -0.4 is 11.3 Å². The lowest BCUT2D eigenvalue weighted by Gasteiger charge is -2.03. The maximum absolute atomic E-state index is 5.38. The third-order valence-electron chi connectivity index (χ3n) is 2.16. The van der Waals surface area contributed by atoms with Gasteiger partial charge in [0.2, 0.25) is 5.95 Å². The van der Waals surface area contributed by atoms with Gasteiger partial charge in [0.25, 0.3) is 0 Å². The highest BCUT2D eigenvalue weighted by molar-refractivity contribution is 9.10. The van der Waals surface area contributed by atoms with Crippen LogP contribution in [0.2, 0.25) is 0 Å². The molecular formula is C9H11BrN4. The number of anilines is 1. The Balaban J connectivity index is 2.74. The first-order valence-corrected chi connectivity index (χ1v) is 5.18. The van der Waals surface area contributed by atoms with Gasteiger partial charge in [0, 0.05) is 11.0 Å². The zero-order valence-corrected chi connectivity index (χ0v) is 9.37. The monoisotopic (exact) mass is 254 g/mol. The van der Waals surface area contributed by atoms with Crippen molar-refractivity contribution in [2.24, 2.45) is 5.84 Å². The molecule has 0 unspecified atom stereocenters. The lowest BCUT2D eigenvalue weighted by molar-refractivity contribution is 0.791. The third-order valence-corrected chi connectivity index (χ3v) is 2.65. The summed E-state index contributed by atoms with van der Waals surface area (Å²) in [6.45, 7) is 2.90. The molecule has 2 rings (SSSR count). The van der Waals surface area contributed by atoms with E-state index in [0.717, 1.165) is 22.1 Å². The standard InChI is InChI=1S/C9H11BrN4/c1-2-14-8-5-6(10)3-4-7(8)12-9(14)13-11/h3-5H,2,11H2,1H3,(H,12,13). The number of aryl methyl sites for hydroxylation is 1. The lowest BCUT2D eigenvalue weighted by Crippen LogP contribution is -2.12. The van der Waals surface area contributed by atoms with E-state index in [1.807, 2.05) is 22.8 Å². The predicted molar refractivity (Wildman–Crippen MR) is 60.9 cm³/mol. The molecule has 0 radical (unpaired) electrons. The zero-order chi connectivity index (χ0) is 10.1. The van der Waals surface area contributed by atoms with Crippen LogP contribution in [-0.4, -0.2) is 9.55 Å². The van der Waals surface area contributed by atoms with Crippen LogP contribution in [-0.2, 0) is 6.54 Å². The second-order valence-corrected chi connectivity index (χ2v) is 3.87. The number of benzene rings is 1. The number of imidazole rings is 1. The summed E-state index contributed by atoms with van der Waals surface area (Å²) < 4.78 is 3.07. The Bertz CT molecular complexity index is 463. The van der Waals surface area contributed by atoms with Crippen LogP contribution in [0.3, 0.4) is 0 Å². The molecule has 0 bridgehead atoms. The molecule has 2 aromatic rings. The van der Waals surface area contributed by atoms with Gasteiger partial charge in [-0.2, -0.15) is 0 Å². The van der Waals surface area contributed by atoms with Crippen LogP contribution in [0.1, 0.15) is 6.92 Å². The van der Waals surface area contributed by atoms with E-state index < -0.39 is 0 Å². The minimum atomic E-state index is 0.695. The Kier molecular flexibility index (Phi) is 2.43. The molecule has 0 saturated heterocycles. The summed E-state index contributed by atoms with van der Waals surface area (Å²) in [5.41, 5.74) is 4.62. The van der Waals surface area contributed by atoms with Crippen LogP contribution in [0, 0.1) is 0 Å². The van der Waals surface area contributed by atoms with Crippen LogP contribution in [0.5, 0.6) is 0 Å². The van der Waals surface area contributed by atoms with E-state index in [2.05, 4.69) is 33.3 Å². The smallest absolute Gasteiger partial charge is 0.218 e. The first-order valence-electron chi connectivity index (χ1n) is 4.38. The summed E-state index contributed by atoms with van der Waals surface area (Å²) in [4.78, 5) is 4.35. The molecule has 0 aliphatic heterocycles. The van der Waals surface area contributed by atoms with E-state index in [9.17, 15) is 0 Å². The van der Waals surface area contributed by atoms with Gasteiger partial charge in [-0.3, -0.25) is 5.43 Å². The van der Waals surface area contributed by atoms with Crippen LogP contribution >= 0.6 is 15.9 Å². The topological polar surface area (TPSA) is 55.9 Å². The number of fused-ring (bicyclic) bond motifs is 1. The molecule has 0 fully saturated rings. The molecule has 1 aromatic carbocycles. The molecule has 0 saturated carbocycles. The number of nitrogens with two attached hydrogens (primary N) is 1. The number of hydrogen-bond donors (Lipinski definition) is 2. The highest BCUT2D eigenvalue weighted by Crippen LogP contribution is 2.22. The van der Waals surface area contributed by atoms with Gasteiger partial charge >= 0.3 is 0 Å². The average Bonchev–Trinajstić information content (AvgIpc) is 2.54. The van der Waals surface area contributed by atoms with Crippen molar-refractivity contribution in [1.29, 1.82) is 0 Å². The van der Waals surface area contributed by atoms with Crippen molar-refractivity contribution in [2.75, 3.05) is 5.43 Å². The normalized spacial score (nSPS) is 10.8. The molecule has 5 heteroatoms. The summed E-state index contributed by atoms with van der Waals surface area (Å²) in [6, 6.07) is 5.97. The van der Waals surface area contributed by atoms with Gasteiger partial charge in [-0.25, -0.2) is 10.8 Å². The highest BCUT2D eigenvalue weighted by Gasteiger charge is 2.07. The number of nitrogens with one attached hydrogen (secondary N) is 1. The maximum Gasteiger partial charge on any atom is 0.218 e. The molecular weight excluding hydrogens is 244 g/mol. The van der Waals surface area contributed by atoms with Gasteiger partial charge in [-0.05, 0) is 25.1 Å². The Hall–Kier alpha value is -1.07. The minimum absolute atomic E-state index is 0.695. The zero-order valence-electron chi connectivity index (χ0n) is 7.79. The largest absolute Gasteiger partial charge is 0.309 e. The number of hydrazine groups is 1. The van der Waals surface area contributed by atoms with Gasteiger partial charge in [-0.15, -0.1) is 0 Å². The molecule has 0 spiro atoms. The van der Waals surface area contributed by atoms with Gasteiger partial charge in [-0.1, -0.05) is 15.9 Å². The number of rotatable bonds is 2. The van der Waals surface area contributed by atoms with Crippen molar-refractivity contribution in [3.63, 3.8) is 0 Å². The fourth-order valence-electron chi connectivity index (χ4n) is 1.53. The third kappa shape index (κ3) is 1.38. The summed E-state index contributed by atoms with van der Waals surface area (Å²) in [5.74, 6) is 6.08. The van der Waals surface area contributed by atoms with E-state index in [4.69, 9.17) is 5.84 Å². The fourth-order valence-corrected chi connectivity index (χ4v) is 1.88. The summed E-state index contributed by atoms with van der Waals surface area (Å²) in [5, 5.41) is 0. The summed E-state index contributed by atoms with van der Waals surface area (Å²) in [7, 11) is 0. The number of halogens is 1. The van der Waals surface area contributed by atoms with Gasteiger partial charge in [0.05, 0.1) is 11.0 Å². The Morgan fingerprint density at radius 3 is 3.00 bits per heavy atom. The first-order chi connectivity index (χ1) is 6.76. The van der Waals surface area contributed by atoms with Crippen molar-refractivity contribution in [1.82, 2.24) is 9.55 Å². The Labute approximate surface area is 90.2 Å². The number of nitrogens with zero attached hydrogens (tertiary/aromatic N) is 2. The minimum Gasteiger partial charge on any atom is -0.309 e. The van der Waals surface area contributed by atoms with Crippen molar-refractivity contribution >= 4 is 32.9 Å². The molecule has 0 aliphatic carbocycles. The number of hydrogen-bond acceptors (Lipinski definition) is 3. The Morgan fingerprint density at radius 1 is 1.57 bits per heavy atom. The van der Waals surface area contributed by atoms with E-state index in [1.54, 1.807) is 0 Å². The van der Waals surface area contributed by atoms with Gasteiger partial charge < -0.3 is 4.57 Å². The molecule has 14 heavy (non-hydrogen) atoms. The summed E-state index contributed by atoms with van der Waals surface area (Å²) in [6.07, 6.45) is 0. The predicted octanol–water partition coefficient (Wildman–Crippen LogP) is 2.10. The molecule has 4 nitrogen and oxygen atoms in total. The number of nitrogen functional groups attached to an aromatic ring is 1. The second kappa shape index (κ2) is 3.59. The summed E-state index contributed by atoms with van der Waals surface area (Å²) >= 11 is 3.43. The molecule has 74 valence electrons. The number of aromatic nitrogens is 2. The molecule has 0 atom stereocenters. The molecule has 0 amide bonds.